The highest BCUT2D eigenvalue weighted by Gasteiger charge is 2.22. The van der Waals surface area contributed by atoms with E-state index in [1.54, 1.807) is 4.91 Å². The van der Waals surface area contributed by atoms with Gasteiger partial charge in [-0.3, -0.25) is 0 Å². The van der Waals surface area contributed by atoms with E-state index in [1.165, 1.54) is 31.4 Å². The Kier molecular flexibility index (Phi) is 1.54. The molecule has 9 heavy (non-hydrogen) atoms. The van der Waals surface area contributed by atoms with E-state index in [2.05, 4.69) is 17.8 Å². The zero-order valence-electron chi connectivity index (χ0n) is 5.60. The van der Waals surface area contributed by atoms with Crippen molar-refractivity contribution in [1.82, 2.24) is 0 Å². The van der Waals surface area contributed by atoms with Crippen LogP contribution >= 0.6 is 11.8 Å². The van der Waals surface area contributed by atoms with Gasteiger partial charge < -0.3 is 0 Å². The van der Waals surface area contributed by atoms with E-state index < -0.39 is 0 Å². The second-order valence-electron chi connectivity index (χ2n) is 2.87. The van der Waals surface area contributed by atoms with Crippen LogP contribution in [0.2, 0.25) is 0 Å². The van der Waals surface area contributed by atoms with E-state index in [4.69, 9.17) is 0 Å². The van der Waals surface area contributed by atoms with Crippen LogP contribution in [0.1, 0.15) is 25.7 Å². The van der Waals surface area contributed by atoms with Gasteiger partial charge in [-0.05, 0) is 42.3 Å². The van der Waals surface area contributed by atoms with Crippen molar-refractivity contribution in [3.8, 4) is 0 Å². The van der Waals surface area contributed by atoms with Gasteiger partial charge >= 0.3 is 0 Å². The Morgan fingerprint density at radius 3 is 3.33 bits per heavy atom. The normalized spacial score (nSPS) is 33.8. The zero-order valence-corrected chi connectivity index (χ0v) is 6.41. The topological polar surface area (TPSA) is 0 Å². The van der Waals surface area contributed by atoms with Crippen LogP contribution in [-0.4, -0.2) is 5.75 Å². The Morgan fingerprint density at radius 2 is 2.44 bits per heavy atom. The van der Waals surface area contributed by atoms with Crippen LogP contribution in [-0.2, 0) is 0 Å². The highest BCUT2D eigenvalue weighted by Crippen LogP contribution is 2.41. The molecular weight excluding hydrogens is 128 g/mol. The molecule has 1 saturated heterocycles. The molecular formula is C8H12S. The lowest BCUT2D eigenvalue weighted by Crippen LogP contribution is -1.99. The maximum absolute atomic E-state index is 2.45. The van der Waals surface area contributed by atoms with Gasteiger partial charge in [0.15, 0.2) is 0 Å². The lowest BCUT2D eigenvalue weighted by atomic mass is 9.94. The first-order chi connectivity index (χ1) is 4.47. The summed E-state index contributed by atoms with van der Waals surface area (Å²) >= 11 is 2.09. The number of hydrogen-bond acceptors (Lipinski definition) is 1. The van der Waals surface area contributed by atoms with Crippen LogP contribution in [0.3, 0.4) is 0 Å². The molecule has 0 bridgehead atoms. The Hall–Kier alpha value is 0.0900. The van der Waals surface area contributed by atoms with Gasteiger partial charge in [0.05, 0.1) is 0 Å². The average Bonchev–Trinajstić information content (AvgIpc) is 2.33. The Bertz CT molecular complexity index is 138. The molecule has 1 aliphatic heterocycles. The van der Waals surface area contributed by atoms with Crippen LogP contribution in [0.25, 0.3) is 0 Å². The maximum Gasteiger partial charge on any atom is -0.00172 e. The predicted octanol–water partition coefficient (Wildman–Crippen LogP) is 2.81. The number of rotatable bonds is 0. The van der Waals surface area contributed by atoms with E-state index in [9.17, 15) is 0 Å². The summed E-state index contributed by atoms with van der Waals surface area (Å²) in [4.78, 5) is 1.71. The molecule has 1 atom stereocenters. The molecule has 0 N–H and O–H groups in total. The molecule has 2 rings (SSSR count). The molecule has 1 unspecified atom stereocenters. The summed E-state index contributed by atoms with van der Waals surface area (Å²) in [6, 6.07) is 0. The standard InChI is InChI=1S/C8H12S/c1-2-4-8-7(3-1)5-6-9-8/h4,7H,1-3,5-6H2. The monoisotopic (exact) mass is 140 g/mol. The highest BCUT2D eigenvalue weighted by molar-refractivity contribution is 8.03. The van der Waals surface area contributed by atoms with Gasteiger partial charge in [0, 0.05) is 0 Å². The molecule has 0 saturated carbocycles. The van der Waals surface area contributed by atoms with Crippen molar-refractivity contribution < 1.29 is 0 Å². The summed E-state index contributed by atoms with van der Waals surface area (Å²) in [5, 5.41) is 0. The van der Waals surface area contributed by atoms with E-state index >= 15 is 0 Å². The van der Waals surface area contributed by atoms with Crippen molar-refractivity contribution in [2.75, 3.05) is 5.75 Å². The lowest BCUT2D eigenvalue weighted by molar-refractivity contribution is 0.534. The molecule has 1 heterocycles. The van der Waals surface area contributed by atoms with E-state index in [-0.39, 0.29) is 0 Å². The third-order valence-corrected chi connectivity index (χ3v) is 3.51. The molecule has 0 aromatic carbocycles. The fourth-order valence-electron chi connectivity index (χ4n) is 1.70. The minimum absolute atomic E-state index is 0.990. The molecule has 0 nitrogen and oxygen atoms in total. The molecule has 0 aromatic heterocycles. The van der Waals surface area contributed by atoms with Gasteiger partial charge in [-0.2, -0.15) is 0 Å². The van der Waals surface area contributed by atoms with Gasteiger partial charge in [-0.1, -0.05) is 6.08 Å². The molecule has 1 heteroatoms. The van der Waals surface area contributed by atoms with Crippen LogP contribution in [0, 0.1) is 5.92 Å². The van der Waals surface area contributed by atoms with Crippen molar-refractivity contribution in [2.45, 2.75) is 25.7 Å². The number of thioether (sulfide) groups is 1. The average molecular weight is 140 g/mol. The number of allylic oxidation sites excluding steroid dienone is 2. The molecule has 0 aromatic rings. The first-order valence-corrected chi connectivity index (χ1v) is 4.78. The van der Waals surface area contributed by atoms with Gasteiger partial charge in [0.25, 0.3) is 0 Å². The predicted molar refractivity (Wildman–Crippen MR) is 42.5 cm³/mol. The fourth-order valence-corrected chi connectivity index (χ4v) is 3.05. The Morgan fingerprint density at radius 1 is 1.44 bits per heavy atom. The van der Waals surface area contributed by atoms with Gasteiger partial charge in [-0.25, -0.2) is 0 Å². The first-order valence-electron chi connectivity index (χ1n) is 3.79. The van der Waals surface area contributed by atoms with Crippen molar-refractivity contribution in [3.63, 3.8) is 0 Å². The van der Waals surface area contributed by atoms with Crippen LogP contribution in [0.5, 0.6) is 0 Å². The second-order valence-corrected chi connectivity index (χ2v) is 4.04. The van der Waals surface area contributed by atoms with Crippen molar-refractivity contribution in [3.05, 3.63) is 11.0 Å². The second kappa shape index (κ2) is 2.37. The molecule has 1 fully saturated rings. The molecule has 2 aliphatic rings. The number of fused-ring (bicyclic) bond motifs is 1. The first kappa shape index (κ1) is 5.84. The van der Waals surface area contributed by atoms with Crippen LogP contribution < -0.4 is 0 Å². The summed E-state index contributed by atoms with van der Waals surface area (Å²) in [6.45, 7) is 0. The Balaban J connectivity index is 2.16. The van der Waals surface area contributed by atoms with Gasteiger partial charge in [0.2, 0.25) is 0 Å². The summed E-state index contributed by atoms with van der Waals surface area (Å²) in [5.41, 5.74) is 0. The zero-order chi connectivity index (χ0) is 6.10. The van der Waals surface area contributed by atoms with Gasteiger partial charge in [0.1, 0.15) is 0 Å². The van der Waals surface area contributed by atoms with E-state index in [0.29, 0.717) is 0 Å². The SMILES string of the molecule is C1=C2SCCC2CCC1. The van der Waals surface area contributed by atoms with E-state index in [1.807, 2.05) is 0 Å². The molecule has 0 radical (unpaired) electrons. The van der Waals surface area contributed by atoms with Crippen molar-refractivity contribution >= 4 is 11.8 Å². The highest BCUT2D eigenvalue weighted by atomic mass is 32.2. The van der Waals surface area contributed by atoms with E-state index in [0.717, 1.165) is 5.92 Å². The molecule has 50 valence electrons. The summed E-state index contributed by atoms with van der Waals surface area (Å²) in [6.07, 6.45) is 8.16. The largest absolute Gasteiger partial charge is 0.131 e. The maximum atomic E-state index is 2.45. The molecule has 0 amide bonds. The van der Waals surface area contributed by atoms with Crippen LogP contribution in [0.15, 0.2) is 11.0 Å². The van der Waals surface area contributed by atoms with Crippen LogP contribution in [0.4, 0.5) is 0 Å². The minimum atomic E-state index is 0.990. The lowest BCUT2D eigenvalue weighted by Gasteiger charge is -2.14. The molecule has 1 aliphatic carbocycles. The van der Waals surface area contributed by atoms with Crippen molar-refractivity contribution in [1.29, 1.82) is 0 Å². The summed E-state index contributed by atoms with van der Waals surface area (Å²) in [7, 11) is 0. The third-order valence-electron chi connectivity index (χ3n) is 2.24. The third kappa shape index (κ3) is 1.03. The fraction of sp³-hybridized carbons (Fsp3) is 0.750. The smallest absolute Gasteiger partial charge is 0.00172 e. The number of hydrogen-bond donors (Lipinski definition) is 0. The quantitative estimate of drug-likeness (QED) is 0.498. The Labute approximate surface area is 60.7 Å². The molecule has 0 spiro atoms. The summed E-state index contributed by atoms with van der Waals surface area (Å²) < 4.78 is 0. The van der Waals surface area contributed by atoms with Crippen molar-refractivity contribution in [2.24, 2.45) is 5.92 Å². The summed E-state index contributed by atoms with van der Waals surface area (Å²) in [5.74, 6) is 2.38. The minimum Gasteiger partial charge on any atom is -0.131 e. The van der Waals surface area contributed by atoms with Gasteiger partial charge in [-0.15, -0.1) is 11.8 Å².